The van der Waals surface area contributed by atoms with Crippen LogP contribution >= 0.6 is 11.3 Å². The van der Waals surface area contributed by atoms with Crippen molar-refractivity contribution in [2.75, 3.05) is 12.4 Å². The van der Waals surface area contributed by atoms with Crippen LogP contribution in [0.4, 0.5) is 5.95 Å². The molecule has 0 aromatic carbocycles. The quantitative estimate of drug-likeness (QED) is 0.844. The van der Waals surface area contributed by atoms with Crippen LogP contribution in [0.1, 0.15) is 10.4 Å². The fourth-order valence-corrected chi connectivity index (χ4v) is 2.30. The Morgan fingerprint density at radius 1 is 1.27 bits per heavy atom. The van der Waals surface area contributed by atoms with E-state index in [-0.39, 0.29) is 0 Å². The molecule has 0 spiro atoms. The van der Waals surface area contributed by atoms with Crippen molar-refractivity contribution in [1.82, 2.24) is 9.97 Å². The Bertz CT molecular complexity index is 476. The van der Waals surface area contributed by atoms with Gasteiger partial charge in [0.15, 0.2) is 0 Å². The smallest absolute Gasteiger partial charge is 0.222 e. The van der Waals surface area contributed by atoms with Crippen LogP contribution < -0.4 is 5.32 Å². The summed E-state index contributed by atoms with van der Waals surface area (Å²) in [7, 11) is 1.83. The van der Waals surface area contributed by atoms with Gasteiger partial charge < -0.3 is 5.32 Å². The molecule has 0 unspecified atom stereocenters. The van der Waals surface area contributed by atoms with Crippen LogP contribution in [-0.4, -0.2) is 17.0 Å². The first-order valence-electron chi connectivity index (χ1n) is 4.79. The van der Waals surface area contributed by atoms with Gasteiger partial charge in [-0.3, -0.25) is 0 Å². The van der Waals surface area contributed by atoms with Crippen LogP contribution in [0.2, 0.25) is 0 Å². The lowest BCUT2D eigenvalue weighted by Gasteiger charge is -2.04. The predicted octanol–water partition coefficient (Wildman–Crippen LogP) is 2.86. The maximum absolute atomic E-state index is 4.46. The minimum atomic E-state index is 0.668. The molecule has 2 rings (SSSR count). The molecule has 0 aliphatic carbocycles. The SMILES string of the molecule is CNc1ncc(C)c(-c2ccc(C)s2)n1. The molecule has 0 saturated heterocycles. The minimum Gasteiger partial charge on any atom is -0.357 e. The molecule has 0 fully saturated rings. The molecular weight excluding hydrogens is 206 g/mol. The lowest BCUT2D eigenvalue weighted by atomic mass is 10.2. The summed E-state index contributed by atoms with van der Waals surface area (Å²) in [6, 6.07) is 4.22. The first-order valence-corrected chi connectivity index (χ1v) is 5.60. The van der Waals surface area contributed by atoms with E-state index in [0.717, 1.165) is 11.3 Å². The monoisotopic (exact) mass is 219 g/mol. The van der Waals surface area contributed by atoms with Gasteiger partial charge in [0, 0.05) is 18.1 Å². The number of hydrogen-bond acceptors (Lipinski definition) is 4. The molecule has 0 amide bonds. The Labute approximate surface area is 93.2 Å². The highest BCUT2D eigenvalue weighted by Gasteiger charge is 2.07. The number of nitrogens with one attached hydrogen (secondary N) is 1. The van der Waals surface area contributed by atoms with Crippen LogP contribution in [0.3, 0.4) is 0 Å². The summed E-state index contributed by atoms with van der Waals surface area (Å²) >= 11 is 1.76. The lowest BCUT2D eigenvalue weighted by Crippen LogP contribution is -1.98. The van der Waals surface area contributed by atoms with Crippen molar-refractivity contribution in [2.24, 2.45) is 0 Å². The zero-order valence-electron chi connectivity index (χ0n) is 9.03. The lowest BCUT2D eigenvalue weighted by molar-refractivity contribution is 1.13. The van der Waals surface area contributed by atoms with E-state index in [1.807, 2.05) is 20.2 Å². The molecule has 0 saturated carbocycles. The maximum Gasteiger partial charge on any atom is 0.222 e. The largest absolute Gasteiger partial charge is 0.357 e. The zero-order valence-corrected chi connectivity index (χ0v) is 9.85. The number of aryl methyl sites for hydroxylation is 2. The summed E-state index contributed by atoms with van der Waals surface area (Å²) in [4.78, 5) is 11.1. The molecule has 0 bridgehead atoms. The van der Waals surface area contributed by atoms with E-state index < -0.39 is 0 Å². The van der Waals surface area contributed by atoms with Crippen molar-refractivity contribution in [3.63, 3.8) is 0 Å². The highest BCUT2D eigenvalue weighted by atomic mass is 32.1. The Morgan fingerprint density at radius 2 is 2.07 bits per heavy atom. The van der Waals surface area contributed by atoms with E-state index >= 15 is 0 Å². The third kappa shape index (κ3) is 1.99. The summed E-state index contributed by atoms with van der Waals surface area (Å²) in [6.45, 7) is 4.13. The topological polar surface area (TPSA) is 37.8 Å². The molecule has 78 valence electrons. The van der Waals surface area contributed by atoms with Crippen LogP contribution in [0.15, 0.2) is 18.3 Å². The fraction of sp³-hybridized carbons (Fsp3) is 0.273. The van der Waals surface area contributed by atoms with Gasteiger partial charge in [-0.1, -0.05) is 0 Å². The summed E-state index contributed by atoms with van der Waals surface area (Å²) in [6.07, 6.45) is 1.85. The van der Waals surface area contributed by atoms with Crippen LogP contribution in [-0.2, 0) is 0 Å². The van der Waals surface area contributed by atoms with Crippen molar-refractivity contribution in [3.05, 3.63) is 28.8 Å². The Morgan fingerprint density at radius 3 is 2.67 bits per heavy atom. The number of anilines is 1. The van der Waals surface area contributed by atoms with Gasteiger partial charge in [0.05, 0.1) is 10.6 Å². The molecule has 1 N–H and O–H groups in total. The Kier molecular flexibility index (Phi) is 2.68. The first-order chi connectivity index (χ1) is 7.20. The van der Waals surface area contributed by atoms with Gasteiger partial charge in [-0.2, -0.15) is 0 Å². The van der Waals surface area contributed by atoms with Gasteiger partial charge in [-0.15, -0.1) is 11.3 Å². The molecule has 2 aromatic rings. The van der Waals surface area contributed by atoms with Gasteiger partial charge in [0.2, 0.25) is 5.95 Å². The summed E-state index contributed by atoms with van der Waals surface area (Å²) in [5.41, 5.74) is 2.13. The van der Waals surface area contributed by atoms with Gasteiger partial charge in [-0.25, -0.2) is 9.97 Å². The van der Waals surface area contributed by atoms with Crippen LogP contribution in [0.5, 0.6) is 0 Å². The molecule has 0 atom stereocenters. The van der Waals surface area contributed by atoms with E-state index in [1.165, 1.54) is 9.75 Å². The fourth-order valence-electron chi connectivity index (χ4n) is 1.37. The molecule has 2 heterocycles. The van der Waals surface area contributed by atoms with Crippen molar-refractivity contribution < 1.29 is 0 Å². The standard InChI is InChI=1S/C11H13N3S/c1-7-6-13-11(12-3)14-10(7)9-5-4-8(2)15-9/h4-6H,1-3H3,(H,12,13,14). The average Bonchev–Trinajstić information content (AvgIpc) is 2.65. The molecule has 0 aliphatic heterocycles. The third-order valence-corrected chi connectivity index (χ3v) is 3.18. The highest BCUT2D eigenvalue weighted by molar-refractivity contribution is 7.15. The molecule has 4 heteroatoms. The van der Waals surface area contributed by atoms with E-state index in [4.69, 9.17) is 0 Å². The third-order valence-electron chi connectivity index (χ3n) is 2.17. The van der Waals surface area contributed by atoms with Gasteiger partial charge >= 0.3 is 0 Å². The minimum absolute atomic E-state index is 0.668. The summed E-state index contributed by atoms with van der Waals surface area (Å²) in [5.74, 6) is 0.668. The average molecular weight is 219 g/mol. The van der Waals surface area contributed by atoms with Gasteiger partial charge in [0.1, 0.15) is 0 Å². The van der Waals surface area contributed by atoms with Crippen LogP contribution in [0.25, 0.3) is 10.6 Å². The van der Waals surface area contributed by atoms with Crippen molar-refractivity contribution in [2.45, 2.75) is 13.8 Å². The number of aromatic nitrogens is 2. The Hall–Kier alpha value is -1.42. The number of nitrogens with zero attached hydrogens (tertiary/aromatic N) is 2. The predicted molar refractivity (Wildman–Crippen MR) is 64.4 cm³/mol. The van der Waals surface area contributed by atoms with Crippen LogP contribution in [0, 0.1) is 13.8 Å². The molecule has 15 heavy (non-hydrogen) atoms. The highest BCUT2D eigenvalue weighted by Crippen LogP contribution is 2.28. The first kappa shape index (κ1) is 10.1. The van der Waals surface area contributed by atoms with E-state index in [1.54, 1.807) is 11.3 Å². The van der Waals surface area contributed by atoms with E-state index in [2.05, 4.69) is 34.3 Å². The normalized spacial score (nSPS) is 10.3. The molecule has 3 nitrogen and oxygen atoms in total. The number of hydrogen-bond donors (Lipinski definition) is 1. The van der Waals surface area contributed by atoms with E-state index in [0.29, 0.717) is 5.95 Å². The molecule has 2 aromatic heterocycles. The van der Waals surface area contributed by atoms with Crippen molar-refractivity contribution in [3.8, 4) is 10.6 Å². The van der Waals surface area contributed by atoms with E-state index in [9.17, 15) is 0 Å². The second kappa shape index (κ2) is 3.98. The second-order valence-corrected chi connectivity index (χ2v) is 4.67. The second-order valence-electron chi connectivity index (χ2n) is 3.39. The summed E-state index contributed by atoms with van der Waals surface area (Å²) in [5, 5.41) is 2.95. The molecular formula is C11H13N3S. The molecule has 0 aliphatic rings. The summed E-state index contributed by atoms with van der Waals surface area (Å²) < 4.78 is 0. The van der Waals surface area contributed by atoms with Crippen molar-refractivity contribution >= 4 is 17.3 Å². The van der Waals surface area contributed by atoms with Gasteiger partial charge in [-0.05, 0) is 31.5 Å². The number of rotatable bonds is 2. The van der Waals surface area contributed by atoms with Gasteiger partial charge in [0.25, 0.3) is 0 Å². The number of thiophene rings is 1. The zero-order chi connectivity index (χ0) is 10.8. The maximum atomic E-state index is 4.46. The molecule has 0 radical (unpaired) electrons. The van der Waals surface area contributed by atoms with Crippen molar-refractivity contribution in [1.29, 1.82) is 0 Å². The Balaban J connectivity index is 2.51.